The molecule has 0 fully saturated rings. The molecule has 0 radical (unpaired) electrons. The van der Waals surface area contributed by atoms with E-state index < -0.39 is 6.10 Å². The highest BCUT2D eigenvalue weighted by molar-refractivity contribution is 9.10. The lowest BCUT2D eigenvalue weighted by atomic mass is 10.1. The van der Waals surface area contributed by atoms with Gasteiger partial charge in [-0.3, -0.25) is 0 Å². The predicted octanol–water partition coefficient (Wildman–Crippen LogP) is 2.73. The van der Waals surface area contributed by atoms with Gasteiger partial charge in [0, 0.05) is 0 Å². The topological polar surface area (TPSA) is 33.4 Å². The summed E-state index contributed by atoms with van der Waals surface area (Å²) in [6.07, 6.45) is 1.05. The summed E-state index contributed by atoms with van der Waals surface area (Å²) < 4.78 is 5.92. The summed E-state index contributed by atoms with van der Waals surface area (Å²) in [5.74, 6) is 0.789. The Hall–Kier alpha value is -0.280. The average molecular weight is 219 g/mol. The van der Waals surface area contributed by atoms with Gasteiger partial charge in [0.2, 0.25) is 0 Å². The maximum absolute atomic E-state index is 9.54. The lowest BCUT2D eigenvalue weighted by Gasteiger charge is -2.11. The van der Waals surface area contributed by atoms with Crippen molar-refractivity contribution in [1.82, 2.24) is 0 Å². The van der Waals surface area contributed by atoms with Gasteiger partial charge in [0.15, 0.2) is 0 Å². The third kappa shape index (κ3) is 1.84. The second-order valence-corrected chi connectivity index (χ2v) is 3.68. The molecule has 1 rings (SSSR count). The molecule has 0 amide bonds. The van der Waals surface area contributed by atoms with Gasteiger partial charge in [0.1, 0.15) is 11.9 Å². The van der Waals surface area contributed by atoms with Gasteiger partial charge in [0.25, 0.3) is 0 Å². The smallest absolute Gasteiger partial charge is 0.146 e. The van der Waals surface area contributed by atoms with E-state index in [1.165, 1.54) is 0 Å². The van der Waals surface area contributed by atoms with Crippen LogP contribution >= 0.6 is 15.9 Å². The van der Waals surface area contributed by atoms with Crippen LogP contribution in [-0.2, 0) is 0 Å². The van der Waals surface area contributed by atoms with Crippen LogP contribution in [0.25, 0.3) is 0 Å². The van der Waals surface area contributed by atoms with Crippen LogP contribution in [-0.4, -0.2) is 5.11 Å². The van der Waals surface area contributed by atoms with E-state index in [0.29, 0.717) is 5.76 Å². The van der Waals surface area contributed by atoms with Gasteiger partial charge in [0.05, 0.1) is 10.7 Å². The lowest BCUT2D eigenvalue weighted by molar-refractivity contribution is 0.102. The molecule has 0 aliphatic rings. The molecule has 1 atom stereocenters. The second kappa shape index (κ2) is 3.41. The lowest BCUT2D eigenvalue weighted by Crippen LogP contribution is -2.04. The first-order chi connectivity index (χ1) is 5.13. The first-order valence-corrected chi connectivity index (χ1v) is 4.33. The Morgan fingerprint density at radius 1 is 1.55 bits per heavy atom. The van der Waals surface area contributed by atoms with Crippen molar-refractivity contribution in [2.75, 3.05) is 0 Å². The van der Waals surface area contributed by atoms with E-state index in [1.807, 2.05) is 13.8 Å². The number of furan rings is 1. The van der Waals surface area contributed by atoms with Crippen molar-refractivity contribution >= 4 is 15.9 Å². The number of rotatable bonds is 2. The number of halogens is 1. The number of hydrogen-bond acceptors (Lipinski definition) is 2. The Balaban J connectivity index is 2.84. The van der Waals surface area contributed by atoms with Crippen LogP contribution in [0.3, 0.4) is 0 Å². The molecule has 2 nitrogen and oxygen atoms in total. The van der Waals surface area contributed by atoms with Crippen molar-refractivity contribution in [3.8, 4) is 0 Å². The minimum absolute atomic E-state index is 0.178. The summed E-state index contributed by atoms with van der Waals surface area (Å²) in [7, 11) is 0. The van der Waals surface area contributed by atoms with Crippen molar-refractivity contribution in [2.24, 2.45) is 5.92 Å². The third-order valence-corrected chi connectivity index (χ3v) is 2.20. The highest BCUT2D eigenvalue weighted by atomic mass is 79.9. The van der Waals surface area contributed by atoms with Gasteiger partial charge in [-0.05, 0) is 27.9 Å². The summed E-state index contributed by atoms with van der Waals surface area (Å²) in [4.78, 5) is 0. The fourth-order valence-electron chi connectivity index (χ4n) is 0.819. The van der Waals surface area contributed by atoms with Crippen LogP contribution in [0.1, 0.15) is 25.7 Å². The Morgan fingerprint density at radius 3 is 2.55 bits per heavy atom. The Bertz CT molecular complexity index is 230. The van der Waals surface area contributed by atoms with Crippen LogP contribution in [0.2, 0.25) is 0 Å². The van der Waals surface area contributed by atoms with Crippen molar-refractivity contribution in [2.45, 2.75) is 20.0 Å². The molecule has 1 unspecified atom stereocenters. The molecule has 1 aromatic rings. The molecule has 0 aliphatic heterocycles. The Labute approximate surface area is 74.3 Å². The highest BCUT2D eigenvalue weighted by Gasteiger charge is 2.17. The molecule has 1 heterocycles. The summed E-state index contributed by atoms with van der Waals surface area (Å²) >= 11 is 3.28. The molecule has 62 valence electrons. The third-order valence-electron chi connectivity index (χ3n) is 1.54. The maximum Gasteiger partial charge on any atom is 0.146 e. The monoisotopic (exact) mass is 218 g/mol. The minimum atomic E-state index is -0.514. The summed E-state index contributed by atoms with van der Waals surface area (Å²) in [6, 6.07) is 1.78. The number of hydrogen-bond donors (Lipinski definition) is 1. The fraction of sp³-hybridized carbons (Fsp3) is 0.500. The molecule has 0 aliphatic carbocycles. The molecule has 0 saturated carbocycles. The molecule has 0 bridgehead atoms. The van der Waals surface area contributed by atoms with Crippen LogP contribution in [0.4, 0.5) is 0 Å². The molecular formula is C8H11BrO2. The fourth-order valence-corrected chi connectivity index (χ4v) is 1.26. The van der Waals surface area contributed by atoms with Gasteiger partial charge in [-0.25, -0.2) is 0 Å². The first-order valence-electron chi connectivity index (χ1n) is 3.54. The summed E-state index contributed by atoms with van der Waals surface area (Å²) in [5.41, 5.74) is 0. The summed E-state index contributed by atoms with van der Waals surface area (Å²) in [6.45, 7) is 3.89. The predicted molar refractivity (Wildman–Crippen MR) is 46.2 cm³/mol. The van der Waals surface area contributed by atoms with Crippen LogP contribution < -0.4 is 0 Å². The van der Waals surface area contributed by atoms with Crippen molar-refractivity contribution < 1.29 is 9.52 Å². The zero-order valence-corrected chi connectivity index (χ0v) is 8.13. The largest absolute Gasteiger partial charge is 0.465 e. The van der Waals surface area contributed by atoms with Gasteiger partial charge in [-0.15, -0.1) is 0 Å². The second-order valence-electron chi connectivity index (χ2n) is 2.82. The van der Waals surface area contributed by atoms with E-state index in [4.69, 9.17) is 4.42 Å². The van der Waals surface area contributed by atoms with Gasteiger partial charge in [-0.1, -0.05) is 13.8 Å². The first kappa shape index (κ1) is 8.81. The zero-order chi connectivity index (χ0) is 8.43. The SMILES string of the molecule is CC(C)C(O)c1occc1Br. The van der Waals surface area contributed by atoms with Crippen molar-refractivity contribution in [3.05, 3.63) is 22.6 Å². The average Bonchev–Trinajstić information content (AvgIpc) is 2.33. The van der Waals surface area contributed by atoms with E-state index in [0.717, 1.165) is 4.47 Å². The molecule has 3 heteroatoms. The van der Waals surface area contributed by atoms with E-state index >= 15 is 0 Å². The Kier molecular flexibility index (Phi) is 2.73. The quantitative estimate of drug-likeness (QED) is 0.829. The maximum atomic E-state index is 9.54. The van der Waals surface area contributed by atoms with Crippen molar-refractivity contribution in [1.29, 1.82) is 0 Å². The van der Waals surface area contributed by atoms with Gasteiger partial charge >= 0.3 is 0 Å². The van der Waals surface area contributed by atoms with Crippen LogP contribution in [0, 0.1) is 5.92 Å². The van der Waals surface area contributed by atoms with Crippen LogP contribution in [0.5, 0.6) is 0 Å². The molecular weight excluding hydrogens is 208 g/mol. The molecule has 0 saturated heterocycles. The van der Waals surface area contributed by atoms with Crippen LogP contribution in [0.15, 0.2) is 21.2 Å². The van der Waals surface area contributed by atoms with Crippen molar-refractivity contribution in [3.63, 3.8) is 0 Å². The molecule has 0 spiro atoms. The highest BCUT2D eigenvalue weighted by Crippen LogP contribution is 2.28. The number of aliphatic hydroxyl groups excluding tert-OH is 1. The summed E-state index contributed by atoms with van der Waals surface area (Å²) in [5, 5.41) is 9.54. The van der Waals surface area contributed by atoms with E-state index in [2.05, 4.69) is 15.9 Å². The normalized spacial score (nSPS) is 13.9. The molecule has 0 aromatic carbocycles. The van der Waals surface area contributed by atoms with Gasteiger partial charge < -0.3 is 9.52 Å². The minimum Gasteiger partial charge on any atom is -0.465 e. The standard InChI is InChI=1S/C8H11BrO2/c1-5(2)7(10)8-6(9)3-4-11-8/h3-5,7,10H,1-2H3. The van der Waals surface area contributed by atoms with Gasteiger partial charge in [-0.2, -0.15) is 0 Å². The zero-order valence-electron chi connectivity index (χ0n) is 6.54. The van der Waals surface area contributed by atoms with E-state index in [1.54, 1.807) is 12.3 Å². The molecule has 1 N–H and O–H groups in total. The van der Waals surface area contributed by atoms with E-state index in [-0.39, 0.29) is 5.92 Å². The Morgan fingerprint density at radius 2 is 2.18 bits per heavy atom. The number of aliphatic hydroxyl groups is 1. The molecule has 1 aromatic heterocycles. The van der Waals surface area contributed by atoms with E-state index in [9.17, 15) is 5.11 Å². The molecule has 11 heavy (non-hydrogen) atoms.